The molecule has 0 saturated heterocycles. The highest BCUT2D eigenvalue weighted by Crippen LogP contribution is 2.19. The Hall–Kier alpha value is -1.96. The topological polar surface area (TPSA) is 59.0 Å². The molecular formula is C15H17BrF2N4O. The Bertz CT molecular complexity index is 718. The molecule has 1 aromatic heterocycles. The van der Waals surface area contributed by atoms with E-state index in [0.29, 0.717) is 19.5 Å². The first kappa shape index (κ1) is 17.4. The van der Waals surface area contributed by atoms with Crippen LogP contribution in [-0.2, 0) is 6.54 Å². The number of anilines is 1. The highest BCUT2D eigenvalue weighted by atomic mass is 79.9. The van der Waals surface area contributed by atoms with Crippen molar-refractivity contribution in [2.24, 2.45) is 0 Å². The monoisotopic (exact) mass is 386 g/mol. The molecule has 0 radical (unpaired) electrons. The third kappa shape index (κ3) is 4.51. The predicted octanol–water partition coefficient (Wildman–Crippen LogP) is 3.75. The fourth-order valence-electron chi connectivity index (χ4n) is 2.08. The molecule has 0 aliphatic carbocycles. The van der Waals surface area contributed by atoms with Gasteiger partial charge < -0.3 is 10.6 Å². The predicted molar refractivity (Wildman–Crippen MR) is 87.4 cm³/mol. The smallest absolute Gasteiger partial charge is 0.319 e. The number of urea groups is 1. The zero-order valence-electron chi connectivity index (χ0n) is 12.8. The number of hydrogen-bond donors (Lipinski definition) is 2. The van der Waals surface area contributed by atoms with Gasteiger partial charge in [-0.2, -0.15) is 5.10 Å². The van der Waals surface area contributed by atoms with Gasteiger partial charge in [-0.15, -0.1) is 0 Å². The van der Waals surface area contributed by atoms with E-state index in [-0.39, 0.29) is 5.69 Å². The van der Waals surface area contributed by atoms with Gasteiger partial charge in [0, 0.05) is 24.8 Å². The van der Waals surface area contributed by atoms with Crippen molar-refractivity contribution in [3.63, 3.8) is 0 Å². The minimum atomic E-state index is -0.812. The van der Waals surface area contributed by atoms with Crippen LogP contribution in [0.2, 0.25) is 0 Å². The number of nitrogens with one attached hydrogen (secondary N) is 2. The summed E-state index contributed by atoms with van der Waals surface area (Å²) < 4.78 is 29.0. The van der Waals surface area contributed by atoms with Crippen molar-refractivity contribution >= 4 is 27.6 Å². The summed E-state index contributed by atoms with van der Waals surface area (Å²) in [6.07, 6.45) is 0.674. The lowest BCUT2D eigenvalue weighted by Gasteiger charge is -2.09. The number of carbonyl (C=O) groups is 1. The van der Waals surface area contributed by atoms with Crippen molar-refractivity contribution in [2.75, 3.05) is 11.9 Å². The molecule has 0 bridgehead atoms. The van der Waals surface area contributed by atoms with Crippen molar-refractivity contribution in [1.29, 1.82) is 0 Å². The van der Waals surface area contributed by atoms with Gasteiger partial charge in [0.15, 0.2) is 0 Å². The van der Waals surface area contributed by atoms with Gasteiger partial charge in [0.25, 0.3) is 0 Å². The number of aromatic nitrogens is 2. The molecule has 2 rings (SSSR count). The first-order valence-corrected chi connectivity index (χ1v) is 7.87. The van der Waals surface area contributed by atoms with Crippen LogP contribution in [0, 0.1) is 25.5 Å². The standard InChI is InChI=1S/C15H17BrF2N4O/c1-9-14(16)10(2)22(21-9)7-3-6-19-15(23)20-13-5-4-11(17)8-12(13)18/h4-5,8H,3,6-7H2,1-2H3,(H2,19,20,23). The third-order valence-corrected chi connectivity index (χ3v) is 4.45. The summed E-state index contributed by atoms with van der Waals surface area (Å²) in [5.41, 5.74) is 1.88. The molecule has 0 atom stereocenters. The molecule has 2 amide bonds. The first-order valence-electron chi connectivity index (χ1n) is 7.08. The van der Waals surface area contributed by atoms with Crippen LogP contribution in [0.4, 0.5) is 19.3 Å². The second-order valence-corrected chi connectivity index (χ2v) is 5.86. The number of nitrogens with zero attached hydrogens (tertiary/aromatic N) is 2. The lowest BCUT2D eigenvalue weighted by molar-refractivity contribution is 0.251. The van der Waals surface area contributed by atoms with E-state index in [1.807, 2.05) is 18.5 Å². The number of rotatable bonds is 5. The zero-order chi connectivity index (χ0) is 17.0. The van der Waals surface area contributed by atoms with Crippen molar-refractivity contribution in [3.8, 4) is 0 Å². The fraction of sp³-hybridized carbons (Fsp3) is 0.333. The van der Waals surface area contributed by atoms with E-state index in [4.69, 9.17) is 0 Å². The molecule has 0 unspecified atom stereocenters. The Morgan fingerprint density at radius 2 is 2.09 bits per heavy atom. The fourth-order valence-corrected chi connectivity index (χ4v) is 2.36. The Balaban J connectivity index is 1.77. The first-order chi connectivity index (χ1) is 10.9. The summed E-state index contributed by atoms with van der Waals surface area (Å²) in [6.45, 7) is 4.94. The van der Waals surface area contributed by atoms with Crippen LogP contribution in [0.5, 0.6) is 0 Å². The van der Waals surface area contributed by atoms with E-state index in [1.54, 1.807) is 0 Å². The molecule has 8 heteroatoms. The molecule has 23 heavy (non-hydrogen) atoms. The van der Waals surface area contributed by atoms with Crippen LogP contribution in [0.25, 0.3) is 0 Å². The van der Waals surface area contributed by atoms with E-state index in [0.717, 1.165) is 28.0 Å². The number of halogens is 3. The molecule has 5 nitrogen and oxygen atoms in total. The van der Waals surface area contributed by atoms with E-state index in [2.05, 4.69) is 31.7 Å². The number of benzene rings is 1. The molecular weight excluding hydrogens is 370 g/mol. The Labute approximate surface area is 141 Å². The SMILES string of the molecule is Cc1nn(CCCNC(=O)Nc2ccc(F)cc2F)c(C)c1Br. The maximum Gasteiger partial charge on any atom is 0.319 e. The van der Waals surface area contributed by atoms with Crippen LogP contribution in [-0.4, -0.2) is 22.4 Å². The third-order valence-electron chi connectivity index (χ3n) is 3.30. The van der Waals surface area contributed by atoms with Gasteiger partial charge in [0.2, 0.25) is 0 Å². The minimum Gasteiger partial charge on any atom is -0.338 e. The molecule has 2 N–H and O–H groups in total. The van der Waals surface area contributed by atoms with Crippen LogP contribution in [0.1, 0.15) is 17.8 Å². The second kappa shape index (κ2) is 7.54. The van der Waals surface area contributed by atoms with Gasteiger partial charge >= 0.3 is 6.03 Å². The van der Waals surface area contributed by atoms with Gasteiger partial charge in [0.1, 0.15) is 11.6 Å². The number of hydrogen-bond acceptors (Lipinski definition) is 2. The van der Waals surface area contributed by atoms with E-state index < -0.39 is 17.7 Å². The molecule has 1 aromatic carbocycles. The van der Waals surface area contributed by atoms with Crippen LogP contribution < -0.4 is 10.6 Å². The van der Waals surface area contributed by atoms with E-state index >= 15 is 0 Å². The summed E-state index contributed by atoms with van der Waals surface area (Å²) >= 11 is 3.46. The highest BCUT2D eigenvalue weighted by molar-refractivity contribution is 9.10. The number of aryl methyl sites for hydroxylation is 2. The Morgan fingerprint density at radius 3 is 2.70 bits per heavy atom. The maximum atomic E-state index is 13.4. The van der Waals surface area contributed by atoms with Crippen LogP contribution in [0.15, 0.2) is 22.7 Å². The number of carbonyl (C=O) groups excluding carboxylic acids is 1. The molecule has 1 heterocycles. The van der Waals surface area contributed by atoms with E-state index in [9.17, 15) is 13.6 Å². The van der Waals surface area contributed by atoms with Crippen molar-refractivity contribution in [3.05, 3.63) is 45.7 Å². The quantitative estimate of drug-likeness (QED) is 0.768. The maximum absolute atomic E-state index is 13.4. The molecule has 2 aromatic rings. The molecule has 0 fully saturated rings. The highest BCUT2D eigenvalue weighted by Gasteiger charge is 2.09. The molecule has 0 saturated carbocycles. The molecule has 0 aliphatic heterocycles. The van der Waals surface area contributed by atoms with Gasteiger partial charge in [0.05, 0.1) is 15.9 Å². The van der Waals surface area contributed by atoms with Gasteiger partial charge in [-0.3, -0.25) is 4.68 Å². The summed E-state index contributed by atoms with van der Waals surface area (Å²) in [5.74, 6) is -1.50. The Kier molecular flexibility index (Phi) is 5.70. The van der Waals surface area contributed by atoms with E-state index in [1.165, 1.54) is 6.07 Å². The summed E-state index contributed by atoms with van der Waals surface area (Å²) in [4.78, 5) is 11.7. The van der Waals surface area contributed by atoms with Gasteiger partial charge in [-0.05, 0) is 48.3 Å². The largest absolute Gasteiger partial charge is 0.338 e. The summed E-state index contributed by atoms with van der Waals surface area (Å²) in [6, 6.07) is 2.44. The second-order valence-electron chi connectivity index (χ2n) is 5.07. The lowest BCUT2D eigenvalue weighted by atomic mass is 10.3. The average molecular weight is 387 g/mol. The average Bonchev–Trinajstić information content (AvgIpc) is 2.74. The number of amides is 2. The molecule has 0 spiro atoms. The van der Waals surface area contributed by atoms with Gasteiger partial charge in [-0.25, -0.2) is 13.6 Å². The summed E-state index contributed by atoms with van der Waals surface area (Å²) in [7, 11) is 0. The minimum absolute atomic E-state index is 0.0635. The molecule has 124 valence electrons. The van der Waals surface area contributed by atoms with Crippen molar-refractivity contribution in [2.45, 2.75) is 26.8 Å². The Morgan fingerprint density at radius 1 is 1.35 bits per heavy atom. The lowest BCUT2D eigenvalue weighted by Crippen LogP contribution is -2.30. The van der Waals surface area contributed by atoms with Crippen LogP contribution >= 0.6 is 15.9 Å². The van der Waals surface area contributed by atoms with Crippen molar-refractivity contribution in [1.82, 2.24) is 15.1 Å². The van der Waals surface area contributed by atoms with Gasteiger partial charge in [-0.1, -0.05) is 0 Å². The zero-order valence-corrected chi connectivity index (χ0v) is 14.4. The molecule has 0 aliphatic rings. The summed E-state index contributed by atoms with van der Waals surface area (Å²) in [5, 5.41) is 9.33. The van der Waals surface area contributed by atoms with Crippen molar-refractivity contribution < 1.29 is 13.6 Å². The van der Waals surface area contributed by atoms with Crippen LogP contribution in [0.3, 0.4) is 0 Å². The normalized spacial score (nSPS) is 10.7.